The molecule has 0 saturated carbocycles. The monoisotopic (exact) mass is 298 g/mol. The predicted molar refractivity (Wildman–Crippen MR) is 78.1 cm³/mol. The second kappa shape index (κ2) is 7.86. The number of amides is 1. The Morgan fingerprint density at radius 3 is 2.80 bits per heavy atom. The van der Waals surface area contributed by atoms with Crippen LogP contribution in [0.15, 0.2) is 23.1 Å². The number of aliphatic hydroxyl groups excluding tert-OH is 1. The predicted octanol–water partition coefficient (Wildman–Crippen LogP) is 2.07. The third-order valence-electron chi connectivity index (χ3n) is 2.88. The van der Waals surface area contributed by atoms with Crippen molar-refractivity contribution in [2.45, 2.75) is 18.2 Å². The van der Waals surface area contributed by atoms with Crippen LogP contribution in [0, 0.1) is 16.0 Å². The lowest BCUT2D eigenvalue weighted by Gasteiger charge is -2.11. The minimum Gasteiger partial charge on any atom is -0.396 e. The molecular weight excluding hydrogens is 280 g/mol. The Bertz CT molecular complexity index is 493. The van der Waals surface area contributed by atoms with Crippen LogP contribution in [-0.2, 0) is 0 Å². The van der Waals surface area contributed by atoms with Crippen molar-refractivity contribution in [2.75, 3.05) is 19.4 Å². The Labute approximate surface area is 121 Å². The summed E-state index contributed by atoms with van der Waals surface area (Å²) >= 11 is 1.42. The largest absolute Gasteiger partial charge is 0.396 e. The van der Waals surface area contributed by atoms with E-state index in [1.165, 1.54) is 23.9 Å². The molecule has 1 amide bonds. The van der Waals surface area contributed by atoms with Gasteiger partial charge in [-0.3, -0.25) is 14.9 Å². The summed E-state index contributed by atoms with van der Waals surface area (Å²) in [6, 6.07) is 4.49. The Morgan fingerprint density at radius 2 is 2.25 bits per heavy atom. The molecule has 1 rings (SSSR count). The maximum Gasteiger partial charge on any atom is 0.282 e. The number of benzene rings is 1. The summed E-state index contributed by atoms with van der Waals surface area (Å²) in [6.45, 7) is 2.32. The molecule has 0 aliphatic rings. The molecule has 0 bridgehead atoms. The van der Waals surface area contributed by atoms with Gasteiger partial charge in [0.15, 0.2) is 0 Å². The number of carbonyl (C=O) groups excluding carboxylic acids is 1. The van der Waals surface area contributed by atoms with Crippen molar-refractivity contribution in [2.24, 2.45) is 5.92 Å². The van der Waals surface area contributed by atoms with Crippen LogP contribution in [0.5, 0.6) is 0 Å². The van der Waals surface area contributed by atoms with Crippen LogP contribution in [0.4, 0.5) is 5.69 Å². The van der Waals surface area contributed by atoms with E-state index in [4.69, 9.17) is 5.11 Å². The first-order valence-electron chi connectivity index (χ1n) is 6.21. The van der Waals surface area contributed by atoms with E-state index >= 15 is 0 Å². The van der Waals surface area contributed by atoms with E-state index in [-0.39, 0.29) is 23.8 Å². The van der Waals surface area contributed by atoms with Crippen molar-refractivity contribution in [3.05, 3.63) is 33.9 Å². The molecule has 1 unspecified atom stereocenters. The molecule has 6 nitrogen and oxygen atoms in total. The van der Waals surface area contributed by atoms with Gasteiger partial charge in [-0.25, -0.2) is 0 Å². The first-order chi connectivity index (χ1) is 9.49. The maximum atomic E-state index is 12.1. The summed E-state index contributed by atoms with van der Waals surface area (Å²) in [4.78, 5) is 23.2. The maximum absolute atomic E-state index is 12.1. The molecule has 1 aromatic carbocycles. The number of rotatable bonds is 7. The summed E-state index contributed by atoms with van der Waals surface area (Å²) in [6.07, 6.45) is 2.42. The lowest BCUT2D eigenvalue weighted by Crippen LogP contribution is -2.29. The van der Waals surface area contributed by atoms with Crippen molar-refractivity contribution in [1.82, 2.24) is 5.32 Å². The fraction of sp³-hybridized carbons (Fsp3) is 0.462. The molecular formula is C13H18N2O4S. The highest BCUT2D eigenvalue weighted by Crippen LogP contribution is 2.24. The van der Waals surface area contributed by atoms with Gasteiger partial charge in [0.05, 0.1) is 4.92 Å². The van der Waals surface area contributed by atoms with E-state index < -0.39 is 10.8 Å². The molecule has 0 fully saturated rings. The molecule has 7 heteroatoms. The van der Waals surface area contributed by atoms with E-state index in [1.807, 2.05) is 13.2 Å². The van der Waals surface area contributed by atoms with Crippen LogP contribution in [0.3, 0.4) is 0 Å². The lowest BCUT2D eigenvalue weighted by molar-refractivity contribution is -0.385. The van der Waals surface area contributed by atoms with Gasteiger partial charge in [-0.1, -0.05) is 6.92 Å². The molecule has 20 heavy (non-hydrogen) atoms. The molecule has 0 radical (unpaired) electrons. The minimum absolute atomic E-state index is 0.0547. The van der Waals surface area contributed by atoms with Gasteiger partial charge < -0.3 is 10.4 Å². The number of nitro groups is 1. The van der Waals surface area contributed by atoms with Crippen molar-refractivity contribution >= 4 is 23.4 Å². The van der Waals surface area contributed by atoms with Crippen LogP contribution in [0.1, 0.15) is 23.7 Å². The average molecular weight is 298 g/mol. The quantitative estimate of drug-likeness (QED) is 0.456. The molecule has 0 aromatic heterocycles. The number of carbonyl (C=O) groups is 1. The number of nitrogens with zero attached hydrogens (tertiary/aromatic N) is 1. The van der Waals surface area contributed by atoms with Gasteiger partial charge in [0.2, 0.25) is 0 Å². The first-order valence-corrected chi connectivity index (χ1v) is 7.43. The number of hydrogen-bond acceptors (Lipinski definition) is 5. The van der Waals surface area contributed by atoms with Crippen LogP contribution in [-0.4, -0.2) is 35.3 Å². The van der Waals surface area contributed by atoms with Gasteiger partial charge in [-0.2, -0.15) is 0 Å². The Balaban J connectivity index is 2.87. The summed E-state index contributed by atoms with van der Waals surface area (Å²) in [7, 11) is 0. The molecule has 0 heterocycles. The van der Waals surface area contributed by atoms with E-state index in [1.54, 1.807) is 6.07 Å². The molecule has 2 N–H and O–H groups in total. The third-order valence-corrected chi connectivity index (χ3v) is 3.60. The molecule has 1 atom stereocenters. The molecule has 0 aliphatic heterocycles. The van der Waals surface area contributed by atoms with Gasteiger partial charge in [0.25, 0.3) is 11.6 Å². The number of thioether (sulfide) groups is 1. The van der Waals surface area contributed by atoms with E-state index in [0.29, 0.717) is 13.0 Å². The van der Waals surface area contributed by atoms with E-state index in [0.717, 1.165) is 4.90 Å². The van der Waals surface area contributed by atoms with Crippen molar-refractivity contribution in [3.63, 3.8) is 0 Å². The summed E-state index contributed by atoms with van der Waals surface area (Å²) in [5, 5.41) is 22.4. The van der Waals surface area contributed by atoms with Crippen molar-refractivity contribution < 1.29 is 14.8 Å². The zero-order valence-corrected chi connectivity index (χ0v) is 12.3. The molecule has 0 aliphatic carbocycles. The van der Waals surface area contributed by atoms with Crippen LogP contribution in [0.2, 0.25) is 0 Å². The molecule has 0 saturated heterocycles. The van der Waals surface area contributed by atoms with Crippen LogP contribution >= 0.6 is 11.8 Å². The normalized spacial score (nSPS) is 11.9. The minimum atomic E-state index is -0.559. The van der Waals surface area contributed by atoms with Gasteiger partial charge in [-0.05, 0) is 30.7 Å². The fourth-order valence-corrected chi connectivity index (χ4v) is 2.11. The first kappa shape index (κ1) is 16.5. The SMILES string of the molecule is CSc1ccc([N+](=O)[O-])c(C(=O)NCC(C)CCO)c1. The smallest absolute Gasteiger partial charge is 0.282 e. The number of aliphatic hydroxyl groups is 1. The average Bonchev–Trinajstić information content (AvgIpc) is 2.44. The lowest BCUT2D eigenvalue weighted by atomic mass is 10.1. The Hall–Kier alpha value is -1.60. The highest BCUT2D eigenvalue weighted by molar-refractivity contribution is 7.98. The molecule has 110 valence electrons. The number of nitro benzene ring substituents is 1. The van der Waals surface area contributed by atoms with E-state index in [9.17, 15) is 14.9 Å². The van der Waals surface area contributed by atoms with Crippen LogP contribution in [0.25, 0.3) is 0 Å². The van der Waals surface area contributed by atoms with Gasteiger partial charge in [-0.15, -0.1) is 11.8 Å². The number of hydrogen-bond donors (Lipinski definition) is 2. The zero-order chi connectivity index (χ0) is 15.1. The second-order valence-corrected chi connectivity index (χ2v) is 5.35. The Morgan fingerprint density at radius 1 is 1.55 bits per heavy atom. The van der Waals surface area contributed by atoms with Gasteiger partial charge >= 0.3 is 0 Å². The standard InChI is InChI=1S/C13H18N2O4S/c1-9(5-6-16)8-14-13(17)11-7-10(20-2)3-4-12(11)15(18)19/h3-4,7,9,16H,5-6,8H2,1-2H3,(H,14,17). The van der Waals surface area contributed by atoms with E-state index in [2.05, 4.69) is 5.32 Å². The van der Waals surface area contributed by atoms with Crippen molar-refractivity contribution in [1.29, 1.82) is 0 Å². The van der Waals surface area contributed by atoms with Crippen LogP contribution < -0.4 is 5.32 Å². The molecule has 1 aromatic rings. The zero-order valence-electron chi connectivity index (χ0n) is 11.5. The van der Waals surface area contributed by atoms with Crippen molar-refractivity contribution in [3.8, 4) is 0 Å². The Kier molecular flexibility index (Phi) is 6.47. The summed E-state index contributed by atoms with van der Waals surface area (Å²) < 4.78 is 0. The second-order valence-electron chi connectivity index (χ2n) is 4.47. The summed E-state index contributed by atoms with van der Waals surface area (Å²) in [5.74, 6) is -0.343. The highest BCUT2D eigenvalue weighted by atomic mass is 32.2. The molecule has 0 spiro atoms. The highest BCUT2D eigenvalue weighted by Gasteiger charge is 2.20. The van der Waals surface area contributed by atoms with Gasteiger partial charge in [0, 0.05) is 24.1 Å². The van der Waals surface area contributed by atoms with Gasteiger partial charge in [0.1, 0.15) is 5.56 Å². The topological polar surface area (TPSA) is 92.5 Å². The third kappa shape index (κ3) is 4.50. The fourth-order valence-electron chi connectivity index (χ4n) is 1.67. The summed E-state index contributed by atoms with van der Waals surface area (Å²) in [5.41, 5.74) is -0.131. The number of nitrogens with one attached hydrogen (secondary N) is 1.